The molecule has 1 saturated heterocycles. The van der Waals surface area contributed by atoms with Gasteiger partial charge in [0.2, 0.25) is 5.65 Å². The van der Waals surface area contributed by atoms with Crippen LogP contribution in [0.25, 0.3) is 5.65 Å². The lowest BCUT2D eigenvalue weighted by Crippen LogP contribution is -2.49. The molecular weight excluding hydrogens is 626 g/mol. The smallest absolute Gasteiger partial charge is 0.423 e. The highest BCUT2D eigenvalue weighted by Gasteiger charge is 2.29. The van der Waals surface area contributed by atoms with Crippen molar-refractivity contribution in [3.8, 4) is 5.88 Å². The lowest BCUT2D eigenvalue weighted by molar-refractivity contribution is 0.0495. The number of hydrogen-bond acceptors (Lipinski definition) is 11. The topological polar surface area (TPSA) is 170 Å². The van der Waals surface area contributed by atoms with Gasteiger partial charge in [0.1, 0.15) is 21.9 Å². The zero-order chi connectivity index (χ0) is 31.5. The van der Waals surface area contributed by atoms with Crippen LogP contribution in [0, 0.1) is 0 Å². The second-order valence-corrected chi connectivity index (χ2v) is 12.8. The first kappa shape index (κ1) is 31.9. The molecule has 0 bridgehead atoms. The van der Waals surface area contributed by atoms with Gasteiger partial charge in [0.25, 0.3) is 5.88 Å². The molecule has 0 aromatic carbocycles. The van der Waals surface area contributed by atoms with Gasteiger partial charge in [-0.15, -0.1) is 0 Å². The van der Waals surface area contributed by atoms with Gasteiger partial charge in [-0.2, -0.15) is 0 Å². The van der Waals surface area contributed by atoms with Gasteiger partial charge in [0.15, 0.2) is 0 Å². The van der Waals surface area contributed by atoms with Gasteiger partial charge in [0.05, 0.1) is 23.8 Å². The third-order valence-corrected chi connectivity index (χ3v) is 6.59. The number of alkyl carbamates (subject to hydrolysis) is 2. The quantitative estimate of drug-likeness (QED) is 0.329. The average Bonchev–Trinajstić information content (AvgIpc) is 3.31. The number of anilines is 1. The molecular formula is C28H36BrN7O7. The molecule has 2 atom stereocenters. The van der Waals surface area contributed by atoms with E-state index in [1.165, 1.54) is 16.8 Å². The van der Waals surface area contributed by atoms with Gasteiger partial charge in [-0.05, 0) is 76.4 Å². The maximum atomic E-state index is 12.4. The van der Waals surface area contributed by atoms with E-state index in [9.17, 15) is 19.5 Å². The molecule has 1 aliphatic rings. The molecule has 3 aromatic rings. The second kappa shape index (κ2) is 12.7. The van der Waals surface area contributed by atoms with Gasteiger partial charge >= 0.3 is 18.3 Å². The van der Waals surface area contributed by atoms with Gasteiger partial charge in [-0.25, -0.2) is 34.7 Å². The Bertz CT molecular complexity index is 1500. The van der Waals surface area contributed by atoms with Crippen LogP contribution in [-0.4, -0.2) is 73.1 Å². The zero-order valence-electron chi connectivity index (χ0n) is 24.9. The van der Waals surface area contributed by atoms with Crippen molar-refractivity contribution in [2.24, 2.45) is 0 Å². The summed E-state index contributed by atoms with van der Waals surface area (Å²) in [5, 5.41) is 16.5. The molecule has 4 heterocycles. The highest BCUT2D eigenvalue weighted by molar-refractivity contribution is 9.10. The van der Waals surface area contributed by atoms with Gasteiger partial charge in [0, 0.05) is 37.1 Å². The number of halogens is 1. The number of amides is 3. The summed E-state index contributed by atoms with van der Waals surface area (Å²) in [6, 6.07) is 1.56. The van der Waals surface area contributed by atoms with E-state index < -0.39 is 35.6 Å². The van der Waals surface area contributed by atoms with Crippen LogP contribution in [-0.2, 0) is 9.47 Å². The normalized spacial score (nSPS) is 16.4. The van der Waals surface area contributed by atoms with Gasteiger partial charge < -0.3 is 29.5 Å². The Hall–Kier alpha value is -3.98. The Morgan fingerprint density at radius 3 is 2.42 bits per heavy atom. The minimum absolute atomic E-state index is 0.144. The Kier molecular flexibility index (Phi) is 9.44. The van der Waals surface area contributed by atoms with E-state index in [1.807, 2.05) is 26.1 Å². The predicted octanol–water partition coefficient (Wildman–Crippen LogP) is 4.49. The molecule has 1 aliphatic heterocycles. The molecule has 3 aromatic heterocycles. The molecule has 1 unspecified atom stereocenters. The number of pyridine rings is 1. The molecule has 0 aliphatic carbocycles. The van der Waals surface area contributed by atoms with Crippen molar-refractivity contribution in [2.45, 2.75) is 77.7 Å². The summed E-state index contributed by atoms with van der Waals surface area (Å²) in [4.78, 5) is 51.5. The first-order valence-corrected chi connectivity index (χ1v) is 14.5. The van der Waals surface area contributed by atoms with Crippen LogP contribution in [0.4, 0.5) is 20.1 Å². The highest BCUT2D eigenvalue weighted by Crippen LogP contribution is 2.34. The zero-order valence-corrected chi connectivity index (χ0v) is 26.5. The lowest BCUT2D eigenvalue weighted by Gasteiger charge is -2.36. The molecule has 14 nitrogen and oxygen atoms in total. The second-order valence-electron chi connectivity index (χ2n) is 12.0. The molecule has 3 N–H and O–H groups in total. The maximum Gasteiger partial charge on any atom is 0.423 e. The van der Waals surface area contributed by atoms with E-state index in [-0.39, 0.29) is 17.6 Å². The molecule has 4 rings (SSSR count). The SMILES string of the molecule is CC(C)(C)OC(=O)NC(=O)Oc1nccn2c(C(O)c3cc(Br)ncc3N3CCC[C@@H](NC(=O)OC(C)(C)C)C3)cnc12. The van der Waals surface area contributed by atoms with Crippen LogP contribution in [0.1, 0.15) is 71.7 Å². The molecule has 0 spiro atoms. The average molecular weight is 663 g/mol. The Balaban J connectivity index is 1.55. The summed E-state index contributed by atoms with van der Waals surface area (Å²) in [6.45, 7) is 11.6. The van der Waals surface area contributed by atoms with Crippen LogP contribution in [0.15, 0.2) is 35.5 Å². The van der Waals surface area contributed by atoms with Crippen LogP contribution < -0.4 is 20.3 Å². The first-order chi connectivity index (χ1) is 20.1. The van der Waals surface area contributed by atoms with E-state index in [1.54, 1.807) is 39.2 Å². The van der Waals surface area contributed by atoms with Crippen molar-refractivity contribution >= 4 is 45.5 Å². The fourth-order valence-electron chi connectivity index (χ4n) is 4.56. The minimum Gasteiger partial charge on any atom is -0.444 e. The number of ether oxygens (including phenoxy) is 3. The van der Waals surface area contributed by atoms with Gasteiger partial charge in [-0.3, -0.25) is 4.40 Å². The molecule has 15 heteroatoms. The third-order valence-electron chi connectivity index (χ3n) is 6.15. The number of carbonyl (C=O) groups is 3. The summed E-state index contributed by atoms with van der Waals surface area (Å²) in [6.07, 6.45) is 3.92. The van der Waals surface area contributed by atoms with Crippen molar-refractivity contribution in [2.75, 3.05) is 18.0 Å². The highest BCUT2D eigenvalue weighted by atomic mass is 79.9. The van der Waals surface area contributed by atoms with E-state index in [0.717, 1.165) is 12.8 Å². The number of fused-ring (bicyclic) bond motifs is 1. The third kappa shape index (κ3) is 8.54. The van der Waals surface area contributed by atoms with Crippen LogP contribution in [0.2, 0.25) is 0 Å². The number of nitrogens with zero attached hydrogens (tertiary/aromatic N) is 5. The molecule has 232 valence electrons. The Morgan fingerprint density at radius 2 is 1.72 bits per heavy atom. The summed E-state index contributed by atoms with van der Waals surface area (Å²) in [7, 11) is 0. The van der Waals surface area contributed by atoms with Crippen molar-refractivity contribution < 1.29 is 33.7 Å². The van der Waals surface area contributed by atoms with Gasteiger partial charge in [-0.1, -0.05) is 0 Å². The lowest BCUT2D eigenvalue weighted by atomic mass is 10.0. The number of aromatic nitrogens is 4. The number of imidazole rings is 1. The number of imide groups is 1. The van der Waals surface area contributed by atoms with Crippen LogP contribution in [0.5, 0.6) is 5.88 Å². The summed E-state index contributed by atoms with van der Waals surface area (Å²) >= 11 is 3.40. The summed E-state index contributed by atoms with van der Waals surface area (Å²) in [5.41, 5.74) is 0.329. The first-order valence-electron chi connectivity index (χ1n) is 13.7. The number of aliphatic hydroxyl groups is 1. The molecule has 43 heavy (non-hydrogen) atoms. The number of carbonyl (C=O) groups excluding carboxylic acids is 3. The van der Waals surface area contributed by atoms with Crippen LogP contribution in [0.3, 0.4) is 0 Å². The minimum atomic E-state index is -1.17. The molecule has 1 fully saturated rings. The Labute approximate surface area is 257 Å². The van der Waals surface area contributed by atoms with Crippen molar-refractivity contribution in [3.63, 3.8) is 0 Å². The maximum absolute atomic E-state index is 12.4. The van der Waals surface area contributed by atoms with E-state index in [2.05, 4.69) is 41.1 Å². The fourth-order valence-corrected chi connectivity index (χ4v) is 4.91. The number of nitrogens with one attached hydrogen (secondary N) is 2. The van der Waals surface area contributed by atoms with E-state index in [0.29, 0.717) is 34.6 Å². The van der Waals surface area contributed by atoms with Crippen LogP contribution >= 0.6 is 15.9 Å². The molecule has 3 amide bonds. The predicted molar refractivity (Wildman–Crippen MR) is 159 cm³/mol. The number of rotatable bonds is 5. The standard InChI is InChI=1S/C28H36BrN7O7/c1-27(2,3)42-25(39)33-16-8-7-10-35(15-16)18-13-31-20(29)12-17(18)21(37)19-14-32-22-23(30-9-11-36(19)22)41-24(38)34-26(40)43-28(4,5)6/h9,11-14,16,21,37H,7-8,10,15H2,1-6H3,(H,33,39)(H,34,38,40)/t16-,21?/m1/s1. The number of piperidine rings is 1. The molecule has 0 saturated carbocycles. The summed E-state index contributed by atoms with van der Waals surface area (Å²) < 4.78 is 17.8. The molecule has 0 radical (unpaired) electrons. The van der Waals surface area contributed by atoms with Crippen molar-refractivity contribution in [1.82, 2.24) is 30.0 Å². The number of hydrogen-bond donors (Lipinski definition) is 3. The summed E-state index contributed by atoms with van der Waals surface area (Å²) in [5.74, 6) is -0.176. The largest absolute Gasteiger partial charge is 0.444 e. The Morgan fingerprint density at radius 1 is 1.02 bits per heavy atom. The monoisotopic (exact) mass is 661 g/mol. The van der Waals surface area contributed by atoms with Crippen molar-refractivity contribution in [3.05, 3.63) is 46.7 Å². The van der Waals surface area contributed by atoms with Crippen molar-refractivity contribution in [1.29, 1.82) is 0 Å². The fraction of sp³-hybridized carbons (Fsp3) is 0.500. The van der Waals surface area contributed by atoms with E-state index >= 15 is 0 Å². The van der Waals surface area contributed by atoms with E-state index in [4.69, 9.17) is 14.2 Å². The number of aliphatic hydroxyl groups excluding tert-OH is 1.